The van der Waals surface area contributed by atoms with Crippen LogP contribution in [0.25, 0.3) is 5.82 Å². The molecule has 1 amide bonds. The molecule has 4 fully saturated rings. The molecule has 11 heteroatoms. The summed E-state index contributed by atoms with van der Waals surface area (Å²) in [5, 5.41) is 8.36. The van der Waals surface area contributed by atoms with Crippen molar-refractivity contribution in [1.82, 2.24) is 24.8 Å². The monoisotopic (exact) mass is 589 g/mol. The molecule has 0 aromatic carbocycles. The number of fused-ring (bicyclic) bond motifs is 5. The topological polar surface area (TPSA) is 106 Å². The van der Waals surface area contributed by atoms with E-state index in [2.05, 4.69) is 52.0 Å². The van der Waals surface area contributed by atoms with Gasteiger partial charge in [0.2, 0.25) is 5.88 Å². The van der Waals surface area contributed by atoms with Crippen molar-refractivity contribution in [2.24, 2.45) is 21.7 Å². The fourth-order valence-corrected chi connectivity index (χ4v) is 8.17. The van der Waals surface area contributed by atoms with Crippen molar-refractivity contribution in [3.05, 3.63) is 55.0 Å². The predicted molar refractivity (Wildman–Crippen MR) is 164 cm³/mol. The van der Waals surface area contributed by atoms with Crippen LogP contribution in [0.15, 0.2) is 54.4 Å². The number of hydrogen-bond acceptors (Lipinski definition) is 9. The smallest absolute Gasteiger partial charge is 0.265 e. The van der Waals surface area contributed by atoms with Crippen molar-refractivity contribution in [2.75, 3.05) is 31.2 Å². The Bertz CT molecular complexity index is 1440. The SMILES string of the molecule is C=C/C1=N\C(=C)NCCOC2CN(c3nc(-n4ccc(OCCC5C6(CC6)C56CC6)n4)ccc3C(=O)NS1)C(C)(C)C2. The van der Waals surface area contributed by atoms with Crippen molar-refractivity contribution in [1.29, 1.82) is 0 Å². The van der Waals surface area contributed by atoms with E-state index in [4.69, 9.17) is 14.5 Å². The number of rotatable bonds is 6. The van der Waals surface area contributed by atoms with Crippen molar-refractivity contribution in [3.63, 3.8) is 0 Å². The van der Waals surface area contributed by atoms with Crippen LogP contribution in [-0.4, -0.2) is 63.7 Å². The van der Waals surface area contributed by atoms with Crippen molar-refractivity contribution < 1.29 is 14.3 Å². The van der Waals surface area contributed by atoms with Gasteiger partial charge in [-0.25, -0.2) is 14.7 Å². The van der Waals surface area contributed by atoms with Gasteiger partial charge >= 0.3 is 0 Å². The minimum atomic E-state index is -0.278. The van der Waals surface area contributed by atoms with Crippen LogP contribution < -0.4 is 19.7 Å². The normalized spacial score (nSPS) is 26.8. The number of carbonyl (C=O) groups excluding carboxylic acids is 1. The van der Waals surface area contributed by atoms with Gasteiger partial charge in [0.15, 0.2) is 5.82 Å². The molecular weight excluding hydrogens is 550 g/mol. The number of anilines is 1. The molecule has 7 rings (SSSR count). The molecule has 1 unspecified atom stereocenters. The maximum Gasteiger partial charge on any atom is 0.265 e. The van der Waals surface area contributed by atoms with Crippen LogP contribution >= 0.6 is 11.9 Å². The van der Waals surface area contributed by atoms with E-state index < -0.39 is 0 Å². The Morgan fingerprint density at radius 2 is 2.00 bits per heavy atom. The molecule has 1 saturated heterocycles. The summed E-state index contributed by atoms with van der Waals surface area (Å²) in [5.74, 6) is 2.87. The van der Waals surface area contributed by atoms with Crippen molar-refractivity contribution in [2.45, 2.75) is 64.0 Å². The molecule has 2 aromatic heterocycles. The molecule has 2 aromatic rings. The Morgan fingerprint density at radius 1 is 1.21 bits per heavy atom. The summed E-state index contributed by atoms with van der Waals surface area (Å²) < 4.78 is 16.9. The number of carbonyl (C=O) groups is 1. The molecule has 222 valence electrons. The largest absolute Gasteiger partial charge is 0.477 e. The standard InChI is InChI=1S/C31H39N7O3S/c1-5-26-33-20(2)32-14-17-40-21-18-29(3,4)37(19-21)27-22(28(39)36-42-26)6-7-24(34-27)38-15-8-25(35-38)41-16-9-23-30(10-11-30)31(23)12-13-31/h5-8,15,21,23,32H,1-2,9-14,16-19H2,3-4H3,(H,36,39)/b33-26+. The average Bonchev–Trinajstić information content (AvgIpc) is 3.92. The predicted octanol–water partition coefficient (Wildman–Crippen LogP) is 4.64. The molecule has 1 atom stereocenters. The lowest BCUT2D eigenvalue weighted by molar-refractivity contribution is 0.0664. The molecule has 3 saturated carbocycles. The Balaban J connectivity index is 1.12. The Labute approximate surface area is 251 Å². The van der Waals surface area contributed by atoms with Crippen LogP contribution in [0.4, 0.5) is 5.82 Å². The van der Waals surface area contributed by atoms with E-state index in [1.165, 1.54) is 25.7 Å². The van der Waals surface area contributed by atoms with Crippen LogP contribution in [0.5, 0.6) is 5.88 Å². The lowest BCUT2D eigenvalue weighted by atomic mass is 10.0. The number of aliphatic imine (C=N–C) groups is 1. The number of nitrogens with one attached hydrogen (secondary N) is 2. The van der Waals surface area contributed by atoms with E-state index in [1.54, 1.807) is 16.8 Å². The zero-order chi connectivity index (χ0) is 29.1. The maximum atomic E-state index is 13.5. The van der Waals surface area contributed by atoms with Gasteiger partial charge in [-0.1, -0.05) is 13.2 Å². The van der Waals surface area contributed by atoms with Crippen LogP contribution in [0.1, 0.15) is 62.7 Å². The van der Waals surface area contributed by atoms with E-state index in [1.807, 2.05) is 18.3 Å². The minimum Gasteiger partial charge on any atom is -0.477 e. The van der Waals surface area contributed by atoms with Gasteiger partial charge in [-0.3, -0.25) is 9.52 Å². The fourth-order valence-electron chi connectivity index (χ4n) is 7.62. The van der Waals surface area contributed by atoms with Crippen molar-refractivity contribution >= 4 is 28.7 Å². The lowest BCUT2D eigenvalue weighted by Gasteiger charge is -2.33. The van der Waals surface area contributed by atoms with E-state index >= 15 is 0 Å². The molecule has 0 radical (unpaired) electrons. The van der Waals surface area contributed by atoms with Crippen LogP contribution in [-0.2, 0) is 4.74 Å². The summed E-state index contributed by atoms with van der Waals surface area (Å²) in [7, 11) is 0. The van der Waals surface area contributed by atoms with E-state index in [0.29, 0.717) is 71.1 Å². The van der Waals surface area contributed by atoms with Gasteiger partial charge in [-0.15, -0.1) is 5.10 Å². The third-order valence-corrected chi connectivity index (χ3v) is 10.7. The number of pyridine rings is 1. The third kappa shape index (κ3) is 4.80. The molecule has 4 heterocycles. The maximum absolute atomic E-state index is 13.5. The van der Waals surface area contributed by atoms with Crippen LogP contribution in [0.3, 0.4) is 0 Å². The molecule has 2 aliphatic heterocycles. The second-order valence-electron chi connectivity index (χ2n) is 12.8. The fraction of sp³-hybridized carbons (Fsp3) is 0.548. The van der Waals surface area contributed by atoms with Gasteiger partial charge in [-0.05, 0) is 87.3 Å². The van der Waals surface area contributed by atoms with Gasteiger partial charge in [0.25, 0.3) is 5.91 Å². The highest BCUT2D eigenvalue weighted by Crippen LogP contribution is 2.93. The highest BCUT2D eigenvalue weighted by molar-refractivity contribution is 8.13. The highest BCUT2D eigenvalue weighted by Gasteiger charge is 2.85. The molecule has 2 N–H and O–H groups in total. The van der Waals surface area contributed by atoms with Crippen LogP contribution in [0.2, 0.25) is 0 Å². The summed E-state index contributed by atoms with van der Waals surface area (Å²) in [4.78, 5) is 25.1. The quantitative estimate of drug-likeness (QED) is 0.470. The molecule has 5 aliphatic rings. The summed E-state index contributed by atoms with van der Waals surface area (Å²) in [5.41, 5.74) is 1.57. The number of hydrogen-bond donors (Lipinski definition) is 2. The molecule has 42 heavy (non-hydrogen) atoms. The Morgan fingerprint density at radius 3 is 2.74 bits per heavy atom. The summed E-state index contributed by atoms with van der Waals surface area (Å²) in [6.07, 6.45) is 11.0. The number of nitrogens with zero attached hydrogens (tertiary/aromatic N) is 5. The second-order valence-corrected chi connectivity index (χ2v) is 13.6. The van der Waals surface area contributed by atoms with Gasteiger partial charge in [0, 0.05) is 42.8 Å². The van der Waals surface area contributed by atoms with E-state index in [9.17, 15) is 4.79 Å². The van der Waals surface area contributed by atoms with Gasteiger partial charge < -0.3 is 19.7 Å². The molecule has 10 nitrogen and oxygen atoms in total. The molecule has 3 aliphatic carbocycles. The van der Waals surface area contributed by atoms with Gasteiger partial charge in [-0.2, -0.15) is 0 Å². The van der Waals surface area contributed by atoms with Gasteiger partial charge in [0.05, 0.1) is 24.9 Å². The van der Waals surface area contributed by atoms with Gasteiger partial charge in [0.1, 0.15) is 16.7 Å². The number of aromatic nitrogens is 3. The first kappa shape index (κ1) is 27.5. The zero-order valence-electron chi connectivity index (χ0n) is 24.4. The second kappa shape index (κ2) is 10.2. The summed E-state index contributed by atoms with van der Waals surface area (Å²) in [6, 6.07) is 5.51. The summed E-state index contributed by atoms with van der Waals surface area (Å²) >= 11 is 1.09. The summed E-state index contributed by atoms with van der Waals surface area (Å²) in [6.45, 7) is 14.5. The minimum absolute atomic E-state index is 0.0103. The first-order valence-corrected chi connectivity index (χ1v) is 15.8. The van der Waals surface area contributed by atoms with Crippen molar-refractivity contribution in [3.8, 4) is 11.7 Å². The lowest BCUT2D eigenvalue weighted by Crippen LogP contribution is -2.40. The number of amides is 1. The molecule has 2 bridgehead atoms. The molecule has 2 spiro atoms. The first-order chi connectivity index (χ1) is 20.2. The Kier molecular flexibility index (Phi) is 6.65. The highest BCUT2D eigenvalue weighted by atomic mass is 32.2. The molecular formula is C31H39N7O3S. The number of ether oxygens (including phenoxy) is 2. The van der Waals surface area contributed by atoms with E-state index in [-0.39, 0.29) is 17.6 Å². The van der Waals surface area contributed by atoms with Crippen LogP contribution in [0, 0.1) is 16.7 Å². The third-order valence-electron chi connectivity index (χ3n) is 9.93. The first-order valence-electron chi connectivity index (χ1n) is 14.9. The average molecular weight is 590 g/mol. The zero-order valence-corrected chi connectivity index (χ0v) is 25.2. The Hall–Kier alpha value is -3.31. The van der Waals surface area contributed by atoms with E-state index in [0.717, 1.165) is 30.7 Å².